The second-order valence-electron chi connectivity index (χ2n) is 6.50. The summed E-state index contributed by atoms with van der Waals surface area (Å²) in [5, 5.41) is 4.08. The number of hydrogen-bond donors (Lipinski definition) is 0. The molecule has 7 nitrogen and oxygen atoms in total. The molecule has 0 amide bonds. The van der Waals surface area contributed by atoms with Gasteiger partial charge in [0.05, 0.1) is 0 Å². The zero-order valence-corrected chi connectivity index (χ0v) is 15.4. The maximum Gasteiger partial charge on any atom is 0.281 e. The van der Waals surface area contributed by atoms with Crippen LogP contribution < -0.4 is 0 Å². The summed E-state index contributed by atoms with van der Waals surface area (Å²) in [6, 6.07) is 10.2. The molecule has 2 heterocycles. The van der Waals surface area contributed by atoms with Crippen molar-refractivity contribution in [2.24, 2.45) is 0 Å². The van der Waals surface area contributed by atoms with Crippen LogP contribution in [-0.4, -0.2) is 54.4 Å². The predicted octanol–water partition coefficient (Wildman–Crippen LogP) is 1.84. The molecule has 1 aliphatic rings. The van der Waals surface area contributed by atoms with Crippen molar-refractivity contribution in [1.29, 1.82) is 0 Å². The van der Waals surface area contributed by atoms with Crippen LogP contribution in [0.1, 0.15) is 36.0 Å². The number of aromatic nitrogens is 2. The van der Waals surface area contributed by atoms with Crippen LogP contribution in [0.25, 0.3) is 0 Å². The van der Waals surface area contributed by atoms with Gasteiger partial charge in [-0.1, -0.05) is 35.5 Å². The Bertz CT molecular complexity index is 781. The Morgan fingerprint density at radius 3 is 2.48 bits per heavy atom. The van der Waals surface area contributed by atoms with Crippen molar-refractivity contribution in [3.63, 3.8) is 0 Å². The van der Waals surface area contributed by atoms with Gasteiger partial charge in [0.15, 0.2) is 5.82 Å². The van der Waals surface area contributed by atoms with Crippen molar-refractivity contribution in [3.8, 4) is 0 Å². The highest BCUT2D eigenvalue weighted by Crippen LogP contribution is 2.28. The van der Waals surface area contributed by atoms with Crippen LogP contribution in [0.5, 0.6) is 0 Å². The molecule has 1 aromatic heterocycles. The zero-order chi connectivity index (χ0) is 17.9. The van der Waals surface area contributed by atoms with Gasteiger partial charge in [-0.3, -0.25) is 0 Å². The number of hydrogen-bond acceptors (Lipinski definition) is 5. The minimum absolute atomic E-state index is 0.131. The van der Waals surface area contributed by atoms with Gasteiger partial charge in [0, 0.05) is 39.5 Å². The minimum atomic E-state index is -3.34. The lowest BCUT2D eigenvalue weighted by atomic mass is 9.98. The van der Waals surface area contributed by atoms with E-state index in [1.165, 1.54) is 14.2 Å². The number of benzene rings is 1. The van der Waals surface area contributed by atoms with Gasteiger partial charge in [-0.25, -0.2) is 0 Å². The van der Waals surface area contributed by atoms with Crippen molar-refractivity contribution in [2.45, 2.75) is 31.6 Å². The third kappa shape index (κ3) is 4.26. The van der Waals surface area contributed by atoms with Crippen LogP contribution in [0.15, 0.2) is 34.9 Å². The third-order valence-electron chi connectivity index (χ3n) is 4.55. The molecule has 1 aromatic carbocycles. The molecule has 0 saturated carbocycles. The molecular formula is C17H24N4O3S. The second-order valence-corrected chi connectivity index (χ2v) is 8.64. The molecule has 8 heteroatoms. The van der Waals surface area contributed by atoms with E-state index in [9.17, 15) is 8.42 Å². The van der Waals surface area contributed by atoms with E-state index in [2.05, 4.69) is 22.3 Å². The van der Waals surface area contributed by atoms with Gasteiger partial charge >= 0.3 is 0 Å². The Kier molecular flexibility index (Phi) is 5.51. The summed E-state index contributed by atoms with van der Waals surface area (Å²) >= 11 is 0. The van der Waals surface area contributed by atoms with E-state index in [1.807, 2.05) is 18.2 Å². The van der Waals surface area contributed by atoms with Gasteiger partial charge in [0.25, 0.3) is 10.2 Å². The predicted molar refractivity (Wildman–Crippen MR) is 94.3 cm³/mol. The van der Waals surface area contributed by atoms with Crippen LogP contribution in [0, 0.1) is 0 Å². The first kappa shape index (κ1) is 18.0. The molecule has 136 valence electrons. The number of aryl methyl sites for hydroxylation is 2. The van der Waals surface area contributed by atoms with E-state index in [0.717, 1.165) is 12.8 Å². The third-order valence-corrected chi connectivity index (χ3v) is 6.50. The quantitative estimate of drug-likeness (QED) is 0.781. The van der Waals surface area contributed by atoms with Crippen LogP contribution >= 0.6 is 0 Å². The summed E-state index contributed by atoms with van der Waals surface area (Å²) < 4.78 is 32.5. The molecule has 0 N–H and O–H groups in total. The highest BCUT2D eigenvalue weighted by Gasteiger charge is 2.32. The Balaban J connectivity index is 1.55. The van der Waals surface area contributed by atoms with E-state index in [4.69, 9.17) is 4.52 Å². The molecule has 0 atom stereocenters. The average molecular weight is 364 g/mol. The van der Waals surface area contributed by atoms with Crippen LogP contribution in [0.2, 0.25) is 0 Å². The SMILES string of the molecule is CN(C)S(=O)(=O)N1CCC(c2nc(CCc3ccccc3)no2)CC1. The first-order valence-corrected chi connectivity index (χ1v) is 9.90. The summed E-state index contributed by atoms with van der Waals surface area (Å²) in [5.74, 6) is 1.47. The summed E-state index contributed by atoms with van der Waals surface area (Å²) in [5.41, 5.74) is 1.25. The lowest BCUT2D eigenvalue weighted by Crippen LogP contribution is -2.44. The smallest absolute Gasteiger partial charge is 0.281 e. The molecule has 0 radical (unpaired) electrons. The van der Waals surface area contributed by atoms with E-state index in [0.29, 0.717) is 37.6 Å². The molecule has 2 aromatic rings. The standard InChI is InChI=1S/C17H24N4O3S/c1-20(2)25(22,23)21-12-10-15(11-13-21)17-18-16(19-24-17)9-8-14-6-4-3-5-7-14/h3-7,15H,8-13H2,1-2H3. The average Bonchev–Trinajstić information content (AvgIpc) is 3.10. The summed E-state index contributed by atoms with van der Waals surface area (Å²) in [7, 11) is -0.232. The molecular weight excluding hydrogens is 340 g/mol. The van der Waals surface area contributed by atoms with E-state index in [1.54, 1.807) is 14.1 Å². The molecule has 25 heavy (non-hydrogen) atoms. The topological polar surface area (TPSA) is 79.5 Å². The number of piperidine rings is 1. The molecule has 1 fully saturated rings. The summed E-state index contributed by atoms with van der Waals surface area (Å²) in [6.07, 6.45) is 3.02. The normalized spacial score (nSPS) is 17.2. The Labute approximate surface area is 148 Å². The first-order valence-electron chi connectivity index (χ1n) is 8.51. The van der Waals surface area contributed by atoms with Gasteiger partial charge in [0.1, 0.15) is 0 Å². The summed E-state index contributed by atoms with van der Waals surface area (Å²) in [6.45, 7) is 0.958. The molecule has 0 unspecified atom stereocenters. The molecule has 1 saturated heterocycles. The highest BCUT2D eigenvalue weighted by atomic mass is 32.2. The van der Waals surface area contributed by atoms with Crippen molar-refractivity contribution in [2.75, 3.05) is 27.2 Å². The lowest BCUT2D eigenvalue weighted by molar-refractivity contribution is 0.262. The highest BCUT2D eigenvalue weighted by molar-refractivity contribution is 7.86. The molecule has 1 aliphatic heterocycles. The Morgan fingerprint density at radius 1 is 1.16 bits per heavy atom. The van der Waals surface area contributed by atoms with Crippen molar-refractivity contribution < 1.29 is 12.9 Å². The van der Waals surface area contributed by atoms with Crippen LogP contribution in [0.3, 0.4) is 0 Å². The Hall–Kier alpha value is -1.77. The molecule has 0 spiro atoms. The summed E-state index contributed by atoms with van der Waals surface area (Å²) in [4.78, 5) is 4.52. The molecule has 3 rings (SSSR count). The van der Waals surface area contributed by atoms with Crippen LogP contribution in [0.4, 0.5) is 0 Å². The largest absolute Gasteiger partial charge is 0.339 e. The van der Waals surface area contributed by atoms with Gasteiger partial charge in [-0.05, 0) is 24.8 Å². The second kappa shape index (κ2) is 7.63. The van der Waals surface area contributed by atoms with Crippen molar-refractivity contribution in [1.82, 2.24) is 18.8 Å². The van der Waals surface area contributed by atoms with Crippen molar-refractivity contribution >= 4 is 10.2 Å². The Morgan fingerprint density at radius 2 is 1.84 bits per heavy atom. The fourth-order valence-corrected chi connectivity index (χ4v) is 4.13. The van der Waals surface area contributed by atoms with E-state index >= 15 is 0 Å². The molecule has 0 bridgehead atoms. The fourth-order valence-electron chi connectivity index (χ4n) is 3.00. The fraction of sp³-hybridized carbons (Fsp3) is 0.529. The van der Waals surface area contributed by atoms with Crippen LogP contribution in [-0.2, 0) is 23.1 Å². The van der Waals surface area contributed by atoms with E-state index in [-0.39, 0.29) is 5.92 Å². The zero-order valence-electron chi connectivity index (χ0n) is 14.6. The minimum Gasteiger partial charge on any atom is -0.339 e. The van der Waals surface area contributed by atoms with Gasteiger partial charge in [-0.15, -0.1) is 0 Å². The van der Waals surface area contributed by atoms with Crippen molar-refractivity contribution in [3.05, 3.63) is 47.6 Å². The van der Waals surface area contributed by atoms with Gasteiger partial charge in [0.2, 0.25) is 5.89 Å². The van der Waals surface area contributed by atoms with Gasteiger partial charge in [-0.2, -0.15) is 22.0 Å². The lowest BCUT2D eigenvalue weighted by Gasteiger charge is -2.31. The maximum atomic E-state index is 12.2. The maximum absolute atomic E-state index is 12.2. The number of nitrogens with zero attached hydrogens (tertiary/aromatic N) is 4. The monoisotopic (exact) mass is 364 g/mol. The molecule has 0 aliphatic carbocycles. The van der Waals surface area contributed by atoms with Gasteiger partial charge < -0.3 is 4.52 Å². The van der Waals surface area contributed by atoms with E-state index < -0.39 is 10.2 Å². The first-order chi connectivity index (χ1) is 12.0. The number of rotatable bonds is 6.